The number of hydrogen-bond acceptors (Lipinski definition) is 16. The van der Waals surface area contributed by atoms with Crippen molar-refractivity contribution < 1.29 is 73.4 Å². The number of rotatable bonds is 6. The quantitative estimate of drug-likeness (QED) is 0.119. The second-order valence-corrected chi connectivity index (χ2v) is 13.9. The number of aliphatic hydroxyl groups is 7. The van der Waals surface area contributed by atoms with Gasteiger partial charge in [-0.2, -0.15) is 0 Å². The van der Waals surface area contributed by atoms with Crippen molar-refractivity contribution in [2.75, 3.05) is 13.2 Å². The van der Waals surface area contributed by atoms with E-state index in [9.17, 15) is 45.3 Å². The van der Waals surface area contributed by atoms with Gasteiger partial charge in [-0.25, -0.2) is 4.79 Å². The Morgan fingerprint density at radius 2 is 1.59 bits per heavy atom. The number of epoxide rings is 1. The van der Waals surface area contributed by atoms with Crippen molar-refractivity contribution in [1.82, 2.24) is 0 Å². The predicted molar refractivity (Wildman–Crippen MR) is 147 cm³/mol. The van der Waals surface area contributed by atoms with E-state index in [2.05, 4.69) is 0 Å². The molecule has 4 saturated heterocycles. The van der Waals surface area contributed by atoms with Gasteiger partial charge in [-0.05, 0) is 12.5 Å². The molecule has 5 fully saturated rings. The first-order chi connectivity index (χ1) is 21.7. The summed E-state index contributed by atoms with van der Waals surface area (Å²) in [5.74, 6) is -1.45. The van der Waals surface area contributed by atoms with Crippen LogP contribution in [0.15, 0.2) is 15.3 Å². The molecule has 6 aliphatic rings. The second kappa shape index (κ2) is 11.0. The average Bonchev–Trinajstić information content (AvgIpc) is 3.78. The first-order valence-corrected chi connectivity index (χ1v) is 15.5. The minimum Gasteiger partial charge on any atom is -0.458 e. The first-order valence-electron chi connectivity index (χ1n) is 15.5. The third kappa shape index (κ3) is 4.36. The molecule has 7 rings (SSSR count). The van der Waals surface area contributed by atoms with E-state index >= 15 is 0 Å². The number of aliphatic hydroxyl groups excluding tert-OH is 7. The normalized spacial score (nSPS) is 50.9. The zero-order valence-electron chi connectivity index (χ0n) is 25.5. The SMILES string of the molecule is CC(C)c1oc(=O)cc2c1[C@@H](O[C@@H]1OC[C@@H](O[C@@H]3O[C@H](CO)[C@@H](O)[C@H](O)[C@H]3O)[C@H](O)[C@H]1O)[C@H]1OC(=O)[C@@]3(C)[C@@H](O)[C@H]4O[C@H]4[C@@]2(C)[C@@H]13. The van der Waals surface area contributed by atoms with Gasteiger partial charge < -0.3 is 68.6 Å². The topological polar surface area (TPSA) is 248 Å². The molecule has 0 spiro atoms. The maximum Gasteiger partial charge on any atom is 0.336 e. The van der Waals surface area contributed by atoms with Crippen LogP contribution in [-0.2, 0) is 38.6 Å². The van der Waals surface area contributed by atoms with Crippen molar-refractivity contribution in [3.63, 3.8) is 0 Å². The van der Waals surface area contributed by atoms with Gasteiger partial charge in [-0.15, -0.1) is 0 Å². The molecule has 0 aromatic carbocycles. The van der Waals surface area contributed by atoms with Gasteiger partial charge in [0.25, 0.3) is 0 Å². The first kappa shape index (κ1) is 32.5. The molecule has 0 bridgehead atoms. The highest BCUT2D eigenvalue weighted by Gasteiger charge is 2.80. The molecule has 1 aromatic heterocycles. The molecule has 17 atom stereocenters. The molecule has 7 N–H and O–H groups in total. The lowest BCUT2D eigenvalue weighted by atomic mass is 9.48. The molecular weight excluding hydrogens is 616 g/mol. The van der Waals surface area contributed by atoms with Gasteiger partial charge in [0.1, 0.15) is 72.2 Å². The van der Waals surface area contributed by atoms with Crippen molar-refractivity contribution in [1.29, 1.82) is 0 Å². The number of hydrogen-bond donors (Lipinski definition) is 7. The van der Waals surface area contributed by atoms with Crippen LogP contribution in [0.4, 0.5) is 0 Å². The molecule has 256 valence electrons. The van der Waals surface area contributed by atoms with Gasteiger partial charge in [0.2, 0.25) is 0 Å². The van der Waals surface area contributed by atoms with Crippen LogP contribution in [0.25, 0.3) is 0 Å². The Kier molecular flexibility index (Phi) is 7.75. The van der Waals surface area contributed by atoms with E-state index in [4.69, 9.17) is 32.8 Å². The fourth-order valence-corrected chi connectivity index (χ4v) is 8.48. The lowest BCUT2D eigenvalue weighted by Gasteiger charge is -2.53. The van der Waals surface area contributed by atoms with Gasteiger partial charge in [0.15, 0.2) is 12.6 Å². The minimum absolute atomic E-state index is 0.273. The number of fused-ring (bicyclic) bond motifs is 4. The summed E-state index contributed by atoms with van der Waals surface area (Å²) < 4.78 is 40.7. The summed E-state index contributed by atoms with van der Waals surface area (Å²) >= 11 is 0. The Labute approximate surface area is 262 Å². The number of ether oxygens (including phenoxy) is 6. The average molecular weight is 657 g/mol. The van der Waals surface area contributed by atoms with E-state index in [0.717, 1.165) is 0 Å². The molecule has 0 radical (unpaired) electrons. The van der Waals surface area contributed by atoms with Crippen molar-refractivity contribution in [3.05, 3.63) is 33.4 Å². The van der Waals surface area contributed by atoms with E-state index in [0.29, 0.717) is 11.1 Å². The third-order valence-corrected chi connectivity index (χ3v) is 10.9. The molecule has 1 aromatic rings. The van der Waals surface area contributed by atoms with Crippen LogP contribution in [0.1, 0.15) is 56.6 Å². The second-order valence-electron chi connectivity index (χ2n) is 13.9. The van der Waals surface area contributed by atoms with Crippen molar-refractivity contribution >= 4 is 5.97 Å². The molecule has 5 heterocycles. The van der Waals surface area contributed by atoms with Crippen molar-refractivity contribution in [2.45, 2.75) is 125 Å². The Morgan fingerprint density at radius 1 is 0.891 bits per heavy atom. The van der Waals surface area contributed by atoms with E-state index in [1.807, 2.05) is 20.8 Å². The summed E-state index contributed by atoms with van der Waals surface area (Å²) in [5.41, 5.74) is -2.06. The number of carbonyl (C=O) groups is 1. The van der Waals surface area contributed by atoms with Crippen LogP contribution >= 0.6 is 0 Å². The number of carbonyl (C=O) groups excluding carboxylic acids is 1. The van der Waals surface area contributed by atoms with Gasteiger partial charge in [-0.3, -0.25) is 4.79 Å². The Balaban J connectivity index is 1.20. The van der Waals surface area contributed by atoms with Crippen LogP contribution in [0.5, 0.6) is 0 Å². The van der Waals surface area contributed by atoms with Crippen LogP contribution in [-0.4, -0.2) is 135 Å². The number of esters is 1. The fraction of sp³-hybridized carbons (Fsp3) is 0.800. The lowest BCUT2D eigenvalue weighted by molar-refractivity contribution is -0.349. The van der Waals surface area contributed by atoms with Crippen LogP contribution in [0.3, 0.4) is 0 Å². The third-order valence-electron chi connectivity index (χ3n) is 10.9. The largest absolute Gasteiger partial charge is 0.458 e. The Bertz CT molecular complexity index is 1430. The van der Waals surface area contributed by atoms with E-state index in [-0.39, 0.29) is 11.7 Å². The molecule has 46 heavy (non-hydrogen) atoms. The van der Waals surface area contributed by atoms with Gasteiger partial charge in [0, 0.05) is 28.9 Å². The smallest absolute Gasteiger partial charge is 0.336 e. The molecular formula is C30H40O16. The highest BCUT2D eigenvalue weighted by molar-refractivity contribution is 5.82. The molecule has 2 aliphatic carbocycles. The fourth-order valence-electron chi connectivity index (χ4n) is 8.48. The van der Waals surface area contributed by atoms with Crippen LogP contribution in [0.2, 0.25) is 0 Å². The van der Waals surface area contributed by atoms with Gasteiger partial charge >= 0.3 is 11.6 Å². The molecule has 4 aliphatic heterocycles. The van der Waals surface area contributed by atoms with Gasteiger partial charge in [0.05, 0.1) is 25.4 Å². The van der Waals surface area contributed by atoms with Crippen LogP contribution < -0.4 is 5.63 Å². The highest BCUT2D eigenvalue weighted by Crippen LogP contribution is 2.69. The Hall–Kier alpha value is -2.06. The summed E-state index contributed by atoms with van der Waals surface area (Å²) in [6.45, 7) is 6.01. The maximum absolute atomic E-state index is 13.5. The van der Waals surface area contributed by atoms with Crippen LogP contribution in [0, 0.1) is 11.3 Å². The lowest BCUT2D eigenvalue weighted by Crippen LogP contribution is -2.64. The summed E-state index contributed by atoms with van der Waals surface area (Å²) in [4.78, 5) is 26.4. The molecule has 16 nitrogen and oxygen atoms in total. The summed E-state index contributed by atoms with van der Waals surface area (Å²) in [7, 11) is 0. The van der Waals surface area contributed by atoms with Crippen molar-refractivity contribution in [2.24, 2.45) is 11.3 Å². The minimum atomic E-state index is -1.77. The molecule has 0 amide bonds. The summed E-state index contributed by atoms with van der Waals surface area (Å²) in [6.07, 6.45) is -18.8. The highest BCUT2D eigenvalue weighted by atomic mass is 16.7. The van der Waals surface area contributed by atoms with Crippen molar-refractivity contribution in [3.8, 4) is 0 Å². The molecule has 16 heteroatoms. The van der Waals surface area contributed by atoms with E-state index in [1.54, 1.807) is 6.92 Å². The molecule has 0 unspecified atom stereocenters. The van der Waals surface area contributed by atoms with Gasteiger partial charge in [-0.1, -0.05) is 20.8 Å². The standard InChI is InChI=1S/C30H40O16/c1-8(2)19-13-9(5-12(32)43-19)29(3)23-21(46-28(39)30(23,4)24(38)22-25(29)44-22)20(13)45-26-17(36)15(34)11(7-40-26)42-27-18(37)16(35)14(33)10(6-31)41-27/h5,8,10-11,14-18,20-27,31,33-38H,6-7H2,1-4H3/t10-,11-,14-,15+,16+,17-,18-,20-,21-,22-,23-,24+,25-,26+,27+,29-,30-/m1/s1. The zero-order valence-corrected chi connectivity index (χ0v) is 25.5. The summed E-state index contributed by atoms with van der Waals surface area (Å²) in [6, 6.07) is 1.34. The van der Waals surface area contributed by atoms with E-state index in [1.165, 1.54) is 6.07 Å². The molecule has 1 saturated carbocycles. The predicted octanol–water partition coefficient (Wildman–Crippen LogP) is -2.95. The van der Waals surface area contributed by atoms with E-state index < -0.39 is 127 Å². The summed E-state index contributed by atoms with van der Waals surface area (Å²) in [5, 5.41) is 73.5. The zero-order chi connectivity index (χ0) is 33.2. The monoisotopic (exact) mass is 656 g/mol. The Morgan fingerprint density at radius 3 is 2.26 bits per heavy atom. The maximum atomic E-state index is 13.5.